The number of likely N-dealkylation sites (N-methyl/N-ethyl adjacent to an activating group) is 1. The van der Waals surface area contributed by atoms with Crippen LogP contribution in [0.5, 0.6) is 0 Å². The third-order valence-corrected chi connectivity index (χ3v) is 3.51. The molecule has 0 unspecified atom stereocenters. The molecule has 3 nitrogen and oxygen atoms in total. The minimum Gasteiger partial charge on any atom is -0.354 e. The molecule has 86 valence electrons. The fourth-order valence-electron chi connectivity index (χ4n) is 2.38. The molecule has 2 rings (SSSR count). The maximum absolute atomic E-state index is 11.3. The Kier molecular flexibility index (Phi) is 2.97. The summed E-state index contributed by atoms with van der Waals surface area (Å²) < 4.78 is 0. The number of carbonyl (C=O) groups is 1. The summed E-state index contributed by atoms with van der Waals surface area (Å²) in [7, 11) is 4.15. The summed E-state index contributed by atoms with van der Waals surface area (Å²) in [6, 6.07) is 10.4. The van der Waals surface area contributed by atoms with Gasteiger partial charge < -0.3 is 5.32 Å². The molecule has 1 atom stereocenters. The van der Waals surface area contributed by atoms with Crippen molar-refractivity contribution in [2.75, 3.05) is 20.6 Å². The van der Waals surface area contributed by atoms with E-state index < -0.39 is 0 Å². The van der Waals surface area contributed by atoms with Crippen molar-refractivity contribution in [1.82, 2.24) is 10.2 Å². The molecule has 1 aliphatic heterocycles. The van der Waals surface area contributed by atoms with Crippen molar-refractivity contribution in [1.29, 1.82) is 0 Å². The standard InChI is InChI=1S/C13H18N2O/c1-15(2)13(9-8-12(16)14-10-13)11-6-4-3-5-7-11/h3-7H,8-10H2,1-2H3,(H,14,16)/t13-/m1/s1. The number of nitrogens with zero attached hydrogens (tertiary/aromatic N) is 1. The van der Waals surface area contributed by atoms with Crippen molar-refractivity contribution >= 4 is 5.91 Å². The maximum atomic E-state index is 11.3. The molecule has 0 spiro atoms. The Morgan fingerprint density at radius 3 is 2.44 bits per heavy atom. The van der Waals surface area contributed by atoms with Gasteiger partial charge in [-0.3, -0.25) is 9.69 Å². The molecule has 1 amide bonds. The largest absolute Gasteiger partial charge is 0.354 e. The summed E-state index contributed by atoms with van der Waals surface area (Å²) >= 11 is 0. The molecule has 0 saturated carbocycles. The van der Waals surface area contributed by atoms with Gasteiger partial charge in [-0.15, -0.1) is 0 Å². The van der Waals surface area contributed by atoms with Crippen LogP contribution in [0.25, 0.3) is 0 Å². The molecule has 1 aromatic rings. The van der Waals surface area contributed by atoms with E-state index in [-0.39, 0.29) is 11.4 Å². The highest BCUT2D eigenvalue weighted by atomic mass is 16.1. The molecule has 0 aliphatic carbocycles. The second-order valence-corrected chi connectivity index (χ2v) is 4.57. The van der Waals surface area contributed by atoms with E-state index in [2.05, 4.69) is 48.6 Å². The van der Waals surface area contributed by atoms with Crippen LogP contribution < -0.4 is 5.32 Å². The summed E-state index contributed by atoms with van der Waals surface area (Å²) in [5, 5.41) is 2.97. The number of hydrogen-bond donors (Lipinski definition) is 1. The van der Waals surface area contributed by atoms with Crippen molar-refractivity contribution in [2.45, 2.75) is 18.4 Å². The molecule has 1 fully saturated rings. The maximum Gasteiger partial charge on any atom is 0.220 e. The van der Waals surface area contributed by atoms with Gasteiger partial charge in [0.05, 0.1) is 5.54 Å². The lowest BCUT2D eigenvalue weighted by Crippen LogP contribution is -2.54. The average Bonchev–Trinajstić information content (AvgIpc) is 2.31. The fourth-order valence-corrected chi connectivity index (χ4v) is 2.38. The van der Waals surface area contributed by atoms with E-state index >= 15 is 0 Å². The highest BCUT2D eigenvalue weighted by Crippen LogP contribution is 2.33. The second-order valence-electron chi connectivity index (χ2n) is 4.57. The molecule has 0 bridgehead atoms. The van der Waals surface area contributed by atoms with E-state index in [9.17, 15) is 4.79 Å². The number of piperidine rings is 1. The zero-order valence-corrected chi connectivity index (χ0v) is 9.86. The van der Waals surface area contributed by atoms with Crippen molar-refractivity contribution in [3.63, 3.8) is 0 Å². The number of rotatable bonds is 2. The molecule has 1 aromatic carbocycles. The van der Waals surface area contributed by atoms with Gasteiger partial charge in [-0.25, -0.2) is 0 Å². The lowest BCUT2D eigenvalue weighted by Gasteiger charge is -2.43. The van der Waals surface area contributed by atoms with Gasteiger partial charge >= 0.3 is 0 Å². The third kappa shape index (κ3) is 1.83. The summed E-state index contributed by atoms with van der Waals surface area (Å²) in [4.78, 5) is 13.5. The van der Waals surface area contributed by atoms with Gasteiger partial charge in [0.25, 0.3) is 0 Å². The Hall–Kier alpha value is -1.35. The molecule has 1 heterocycles. The zero-order valence-electron chi connectivity index (χ0n) is 9.86. The van der Waals surface area contributed by atoms with Gasteiger partial charge in [-0.1, -0.05) is 30.3 Å². The van der Waals surface area contributed by atoms with Crippen LogP contribution in [-0.4, -0.2) is 31.4 Å². The van der Waals surface area contributed by atoms with Gasteiger partial charge in [0.15, 0.2) is 0 Å². The molecular weight excluding hydrogens is 200 g/mol. The van der Waals surface area contributed by atoms with E-state index in [0.29, 0.717) is 13.0 Å². The molecule has 1 aliphatic rings. The smallest absolute Gasteiger partial charge is 0.220 e. The van der Waals surface area contributed by atoms with Gasteiger partial charge in [0.1, 0.15) is 0 Å². The van der Waals surface area contributed by atoms with E-state index in [0.717, 1.165) is 6.42 Å². The van der Waals surface area contributed by atoms with Crippen molar-refractivity contribution in [3.8, 4) is 0 Å². The van der Waals surface area contributed by atoms with Crippen LogP contribution in [0.4, 0.5) is 0 Å². The predicted molar refractivity (Wildman–Crippen MR) is 64.1 cm³/mol. The Balaban J connectivity index is 2.33. The number of hydrogen-bond acceptors (Lipinski definition) is 2. The van der Waals surface area contributed by atoms with Crippen LogP contribution in [0.3, 0.4) is 0 Å². The molecule has 3 heteroatoms. The SMILES string of the molecule is CN(C)[C@]1(c2ccccc2)CCC(=O)NC1. The van der Waals surface area contributed by atoms with E-state index in [4.69, 9.17) is 0 Å². The minimum atomic E-state index is -0.0465. The first kappa shape index (κ1) is 11.1. The van der Waals surface area contributed by atoms with Crippen molar-refractivity contribution < 1.29 is 4.79 Å². The second kappa shape index (κ2) is 4.26. The molecule has 16 heavy (non-hydrogen) atoms. The lowest BCUT2D eigenvalue weighted by molar-refractivity contribution is -0.124. The Bertz CT molecular complexity index is 363. The summed E-state index contributed by atoms with van der Waals surface area (Å²) in [6.07, 6.45) is 1.49. The fraction of sp³-hybridized carbons (Fsp3) is 0.462. The summed E-state index contributed by atoms with van der Waals surface area (Å²) in [5.41, 5.74) is 1.23. The van der Waals surface area contributed by atoms with E-state index in [1.54, 1.807) is 0 Å². The van der Waals surface area contributed by atoms with Gasteiger partial charge in [0.2, 0.25) is 5.91 Å². The summed E-state index contributed by atoms with van der Waals surface area (Å²) in [5.74, 6) is 0.161. The quantitative estimate of drug-likeness (QED) is 0.812. The van der Waals surface area contributed by atoms with Crippen molar-refractivity contribution in [3.05, 3.63) is 35.9 Å². The van der Waals surface area contributed by atoms with Crippen LogP contribution in [0.2, 0.25) is 0 Å². The van der Waals surface area contributed by atoms with Crippen molar-refractivity contribution in [2.24, 2.45) is 0 Å². The highest BCUT2D eigenvalue weighted by molar-refractivity contribution is 5.77. The topological polar surface area (TPSA) is 32.3 Å². The molecule has 0 aromatic heterocycles. The Labute approximate surface area is 96.5 Å². The summed E-state index contributed by atoms with van der Waals surface area (Å²) in [6.45, 7) is 0.697. The first-order valence-corrected chi connectivity index (χ1v) is 5.65. The van der Waals surface area contributed by atoms with E-state index in [1.807, 2.05) is 6.07 Å². The number of nitrogens with one attached hydrogen (secondary N) is 1. The molecular formula is C13H18N2O. The van der Waals surface area contributed by atoms with Gasteiger partial charge in [-0.2, -0.15) is 0 Å². The van der Waals surface area contributed by atoms with Crippen LogP contribution in [0.1, 0.15) is 18.4 Å². The first-order valence-electron chi connectivity index (χ1n) is 5.65. The average molecular weight is 218 g/mol. The predicted octanol–water partition coefficient (Wildman–Crippen LogP) is 1.35. The number of carbonyl (C=O) groups excluding carboxylic acids is 1. The van der Waals surface area contributed by atoms with Gasteiger partial charge in [-0.05, 0) is 26.1 Å². The van der Waals surface area contributed by atoms with Crippen LogP contribution in [-0.2, 0) is 10.3 Å². The monoisotopic (exact) mass is 218 g/mol. The molecule has 1 N–H and O–H groups in total. The van der Waals surface area contributed by atoms with E-state index in [1.165, 1.54) is 5.56 Å². The normalized spacial score (nSPS) is 25.6. The van der Waals surface area contributed by atoms with Crippen LogP contribution in [0, 0.1) is 0 Å². The number of amides is 1. The van der Waals surface area contributed by atoms with Crippen LogP contribution in [0.15, 0.2) is 30.3 Å². The minimum absolute atomic E-state index is 0.0465. The Morgan fingerprint density at radius 1 is 1.25 bits per heavy atom. The first-order chi connectivity index (χ1) is 7.65. The zero-order chi connectivity index (χ0) is 11.6. The molecule has 1 saturated heterocycles. The highest BCUT2D eigenvalue weighted by Gasteiger charge is 2.38. The third-order valence-electron chi connectivity index (χ3n) is 3.51. The van der Waals surface area contributed by atoms with Gasteiger partial charge in [0, 0.05) is 13.0 Å². The van der Waals surface area contributed by atoms with Crippen LogP contribution >= 0.6 is 0 Å². The number of benzene rings is 1. The lowest BCUT2D eigenvalue weighted by atomic mass is 9.82. The Morgan fingerprint density at radius 2 is 1.94 bits per heavy atom. The molecule has 0 radical (unpaired) electrons.